The van der Waals surface area contributed by atoms with Crippen molar-refractivity contribution in [2.24, 2.45) is 0 Å². The maximum Gasteiger partial charge on any atom is 0.120 e. The van der Waals surface area contributed by atoms with Gasteiger partial charge in [-0.1, -0.05) is 36.4 Å². The third-order valence-corrected chi connectivity index (χ3v) is 6.43. The van der Waals surface area contributed by atoms with Crippen LogP contribution in [0.3, 0.4) is 0 Å². The fourth-order valence-corrected chi connectivity index (χ4v) is 4.67. The Hall–Kier alpha value is -1.88. The first-order valence-corrected chi connectivity index (χ1v) is 13.3. The molecule has 0 saturated heterocycles. The zero-order valence-electron chi connectivity index (χ0n) is 18.7. The van der Waals surface area contributed by atoms with Crippen LogP contribution >= 0.6 is 45.2 Å². The fraction of sp³-hybridized carbons (Fsp3) is 0.214. The molecule has 0 spiro atoms. The van der Waals surface area contributed by atoms with Crippen LogP contribution in [-0.2, 0) is 22.7 Å². The molecule has 4 rings (SSSR count). The van der Waals surface area contributed by atoms with Crippen molar-refractivity contribution in [1.29, 1.82) is 0 Å². The highest BCUT2D eigenvalue weighted by Crippen LogP contribution is 2.25. The van der Waals surface area contributed by atoms with Gasteiger partial charge in [0, 0.05) is 7.14 Å². The summed E-state index contributed by atoms with van der Waals surface area (Å²) >= 11 is 4.62. The van der Waals surface area contributed by atoms with E-state index in [2.05, 4.69) is 93.7 Å². The molecular weight excluding hydrogens is 654 g/mol. The Kier molecular flexibility index (Phi) is 9.85. The van der Waals surface area contributed by atoms with Crippen LogP contribution in [0.2, 0.25) is 0 Å². The number of fused-ring (bicyclic) bond motifs is 1. The highest BCUT2D eigenvalue weighted by atomic mass is 127. The van der Waals surface area contributed by atoms with E-state index < -0.39 is 0 Å². The van der Waals surface area contributed by atoms with Crippen molar-refractivity contribution in [3.05, 3.63) is 103 Å². The van der Waals surface area contributed by atoms with E-state index in [4.69, 9.17) is 18.9 Å². The lowest BCUT2D eigenvalue weighted by atomic mass is 10.1. The van der Waals surface area contributed by atoms with E-state index in [1.165, 1.54) is 18.3 Å². The third kappa shape index (κ3) is 8.11. The maximum absolute atomic E-state index is 5.89. The van der Waals surface area contributed by atoms with E-state index in [1.807, 2.05) is 36.4 Å². The molecule has 0 aromatic heterocycles. The van der Waals surface area contributed by atoms with Crippen LogP contribution in [0.15, 0.2) is 84.9 Å². The standard InChI is InChI=1S/C28H26I2O4/c29-25-5-1-3-21(15-25)19-31-11-13-33-27-9-7-23-8-10-28(18-24(23)17-27)34-14-12-32-20-22-4-2-6-26(30)16-22/h1-10,15-18H,11-14,19-20H2. The summed E-state index contributed by atoms with van der Waals surface area (Å²) in [6, 6.07) is 28.8. The second-order valence-electron chi connectivity index (χ2n) is 7.73. The molecule has 4 nitrogen and oxygen atoms in total. The minimum absolute atomic E-state index is 0.503. The van der Waals surface area contributed by atoms with Gasteiger partial charge in [-0.3, -0.25) is 0 Å². The van der Waals surface area contributed by atoms with Crippen molar-refractivity contribution in [3.8, 4) is 11.5 Å². The second-order valence-corrected chi connectivity index (χ2v) is 10.2. The summed E-state index contributed by atoms with van der Waals surface area (Å²) in [6.45, 7) is 3.26. The monoisotopic (exact) mass is 680 g/mol. The Labute approximate surface area is 227 Å². The van der Waals surface area contributed by atoms with Gasteiger partial charge in [-0.2, -0.15) is 0 Å². The molecule has 0 fully saturated rings. The van der Waals surface area contributed by atoms with Crippen molar-refractivity contribution >= 4 is 56.0 Å². The second kappa shape index (κ2) is 13.3. The summed E-state index contributed by atoms with van der Waals surface area (Å²) in [5.41, 5.74) is 2.34. The molecule has 0 aliphatic rings. The van der Waals surface area contributed by atoms with Gasteiger partial charge >= 0.3 is 0 Å². The quantitative estimate of drug-likeness (QED) is 0.117. The summed E-state index contributed by atoms with van der Waals surface area (Å²) in [5, 5.41) is 2.22. The molecule has 176 valence electrons. The van der Waals surface area contributed by atoms with Gasteiger partial charge < -0.3 is 18.9 Å². The molecule has 0 aliphatic heterocycles. The molecule has 0 aliphatic carbocycles. The van der Waals surface area contributed by atoms with Crippen LogP contribution in [0.1, 0.15) is 11.1 Å². The molecule has 0 heterocycles. The highest BCUT2D eigenvalue weighted by molar-refractivity contribution is 14.1. The highest BCUT2D eigenvalue weighted by Gasteiger charge is 2.02. The molecule has 0 saturated carbocycles. The summed E-state index contributed by atoms with van der Waals surface area (Å²) in [6.07, 6.45) is 0. The van der Waals surface area contributed by atoms with Gasteiger partial charge in [0.2, 0.25) is 0 Å². The maximum atomic E-state index is 5.89. The van der Waals surface area contributed by atoms with Crippen molar-refractivity contribution < 1.29 is 18.9 Å². The molecule has 34 heavy (non-hydrogen) atoms. The predicted octanol–water partition coefficient (Wildman–Crippen LogP) is 7.24. The van der Waals surface area contributed by atoms with Crippen molar-refractivity contribution in [2.75, 3.05) is 26.4 Å². The van der Waals surface area contributed by atoms with Gasteiger partial charge in [0.25, 0.3) is 0 Å². The lowest BCUT2D eigenvalue weighted by molar-refractivity contribution is 0.0888. The van der Waals surface area contributed by atoms with Gasteiger partial charge in [-0.25, -0.2) is 0 Å². The minimum atomic E-state index is 0.503. The average Bonchev–Trinajstić information content (AvgIpc) is 2.83. The number of ether oxygens (including phenoxy) is 4. The predicted molar refractivity (Wildman–Crippen MR) is 153 cm³/mol. The smallest absolute Gasteiger partial charge is 0.120 e. The number of hydrogen-bond donors (Lipinski definition) is 0. The lowest BCUT2D eigenvalue weighted by Crippen LogP contribution is -2.07. The van der Waals surface area contributed by atoms with E-state index in [1.54, 1.807) is 0 Å². The largest absolute Gasteiger partial charge is 0.491 e. The molecule has 6 heteroatoms. The fourth-order valence-electron chi connectivity index (χ4n) is 3.45. The first kappa shape index (κ1) is 25.2. The van der Waals surface area contributed by atoms with Crippen molar-refractivity contribution in [2.45, 2.75) is 13.2 Å². The third-order valence-electron chi connectivity index (χ3n) is 5.09. The Morgan fingerprint density at radius 3 is 1.47 bits per heavy atom. The summed E-state index contributed by atoms with van der Waals surface area (Å²) in [5.74, 6) is 1.65. The van der Waals surface area contributed by atoms with Gasteiger partial charge in [0.15, 0.2) is 0 Å². The number of benzene rings is 4. The molecule has 0 unspecified atom stereocenters. The van der Waals surface area contributed by atoms with E-state index in [0.717, 1.165) is 22.3 Å². The zero-order valence-corrected chi connectivity index (χ0v) is 23.0. The molecule has 0 amide bonds. The van der Waals surface area contributed by atoms with Crippen molar-refractivity contribution in [1.82, 2.24) is 0 Å². The average molecular weight is 680 g/mol. The Morgan fingerprint density at radius 2 is 1.00 bits per heavy atom. The van der Waals surface area contributed by atoms with E-state index in [-0.39, 0.29) is 0 Å². The first-order chi connectivity index (χ1) is 16.7. The Morgan fingerprint density at radius 1 is 0.500 bits per heavy atom. The van der Waals surface area contributed by atoms with Gasteiger partial charge in [-0.05, 0) is 116 Å². The SMILES string of the molecule is Ic1cccc(COCCOc2ccc3ccc(OCCOCc4cccc(I)c4)cc3c2)c1. The van der Waals surface area contributed by atoms with Crippen molar-refractivity contribution in [3.63, 3.8) is 0 Å². The van der Waals surface area contributed by atoms with E-state index in [0.29, 0.717) is 39.6 Å². The number of hydrogen-bond acceptors (Lipinski definition) is 4. The van der Waals surface area contributed by atoms with Gasteiger partial charge in [-0.15, -0.1) is 0 Å². The summed E-state index contributed by atoms with van der Waals surface area (Å²) < 4.78 is 25.7. The molecular formula is C28H26I2O4. The summed E-state index contributed by atoms with van der Waals surface area (Å²) in [4.78, 5) is 0. The number of halogens is 2. The Balaban J connectivity index is 1.20. The Bertz CT molecular complexity index is 1120. The van der Waals surface area contributed by atoms with E-state index >= 15 is 0 Å². The van der Waals surface area contributed by atoms with Crippen LogP contribution in [0.25, 0.3) is 10.8 Å². The molecule has 0 bridgehead atoms. The van der Waals surface area contributed by atoms with E-state index in [9.17, 15) is 0 Å². The normalized spacial score (nSPS) is 11.0. The topological polar surface area (TPSA) is 36.9 Å². The van der Waals surface area contributed by atoms with Crippen LogP contribution in [0.5, 0.6) is 11.5 Å². The zero-order chi connectivity index (χ0) is 23.6. The molecule has 4 aromatic rings. The summed E-state index contributed by atoms with van der Waals surface area (Å²) in [7, 11) is 0. The van der Waals surface area contributed by atoms with Gasteiger partial charge in [0.05, 0.1) is 26.4 Å². The van der Waals surface area contributed by atoms with Crippen LogP contribution in [0.4, 0.5) is 0 Å². The molecule has 4 aromatic carbocycles. The van der Waals surface area contributed by atoms with Gasteiger partial charge in [0.1, 0.15) is 24.7 Å². The van der Waals surface area contributed by atoms with Crippen LogP contribution in [-0.4, -0.2) is 26.4 Å². The molecule has 0 radical (unpaired) electrons. The first-order valence-electron chi connectivity index (χ1n) is 11.1. The van der Waals surface area contributed by atoms with Crippen LogP contribution < -0.4 is 9.47 Å². The molecule has 0 N–H and O–H groups in total. The molecule has 0 atom stereocenters. The lowest BCUT2D eigenvalue weighted by Gasteiger charge is -2.10. The van der Waals surface area contributed by atoms with Crippen LogP contribution in [0, 0.1) is 7.14 Å². The minimum Gasteiger partial charge on any atom is -0.491 e. The number of rotatable bonds is 12.